The van der Waals surface area contributed by atoms with Crippen LogP contribution in [0.5, 0.6) is 5.75 Å². The maximum absolute atomic E-state index is 11.2. The smallest absolute Gasteiger partial charge is 0.250 e. The lowest BCUT2D eigenvalue weighted by Crippen LogP contribution is -2.38. The number of ether oxygens (including phenoxy) is 1. The number of rotatable bonds is 5. The maximum atomic E-state index is 11.2. The summed E-state index contributed by atoms with van der Waals surface area (Å²) < 4.78 is 5.87. The van der Waals surface area contributed by atoms with Gasteiger partial charge in [0.05, 0.1) is 22.2 Å². The zero-order chi connectivity index (χ0) is 17.8. The summed E-state index contributed by atoms with van der Waals surface area (Å²) in [6.07, 6.45) is 3.55. The Morgan fingerprint density at radius 3 is 2.84 bits per heavy atom. The minimum absolute atomic E-state index is 0.310. The summed E-state index contributed by atoms with van der Waals surface area (Å²) in [5, 5.41) is 1.05. The van der Waals surface area contributed by atoms with E-state index >= 15 is 0 Å². The van der Waals surface area contributed by atoms with Gasteiger partial charge in [-0.3, -0.25) is 4.79 Å². The molecule has 0 radical (unpaired) electrons. The van der Waals surface area contributed by atoms with Crippen molar-refractivity contribution in [3.05, 3.63) is 52.1 Å². The summed E-state index contributed by atoms with van der Waals surface area (Å²) in [5.74, 6) is 1.18. The van der Waals surface area contributed by atoms with Gasteiger partial charge >= 0.3 is 0 Å². The Hall–Kier alpha value is -1.98. The molecular weight excluding hydrogens is 361 g/mol. The molecule has 7 heteroatoms. The number of benzene rings is 1. The monoisotopic (exact) mass is 379 g/mol. The van der Waals surface area contributed by atoms with Gasteiger partial charge in [-0.25, -0.2) is 4.98 Å². The SMILES string of the molecule is NC(=O)c1cnc(N2CCCC(COc3ccccc3Cl)C2)c(Cl)c1. The molecule has 0 aliphatic carbocycles. The number of anilines is 1. The number of carbonyl (C=O) groups is 1. The Balaban J connectivity index is 1.65. The molecule has 2 N–H and O–H groups in total. The number of pyridine rings is 1. The summed E-state index contributed by atoms with van der Waals surface area (Å²) in [4.78, 5) is 17.7. The molecule has 2 aromatic rings. The van der Waals surface area contributed by atoms with Gasteiger partial charge in [0.15, 0.2) is 0 Å². The molecule has 0 spiro atoms. The van der Waals surface area contributed by atoms with Crippen molar-refractivity contribution in [2.75, 3.05) is 24.6 Å². The first-order valence-corrected chi connectivity index (χ1v) is 8.88. The average molecular weight is 380 g/mol. The molecule has 1 aromatic heterocycles. The van der Waals surface area contributed by atoms with E-state index < -0.39 is 5.91 Å². The molecule has 0 saturated carbocycles. The number of carbonyl (C=O) groups excluding carboxylic acids is 1. The van der Waals surface area contributed by atoms with E-state index in [1.54, 1.807) is 6.07 Å². The first-order valence-electron chi connectivity index (χ1n) is 8.12. The summed E-state index contributed by atoms with van der Waals surface area (Å²) in [6, 6.07) is 9.02. The van der Waals surface area contributed by atoms with Gasteiger partial charge in [0.25, 0.3) is 0 Å². The van der Waals surface area contributed by atoms with Crippen LogP contribution in [0, 0.1) is 5.92 Å². The molecule has 2 heterocycles. The molecular formula is C18H19Cl2N3O2. The van der Waals surface area contributed by atoms with Crippen LogP contribution >= 0.6 is 23.2 Å². The fourth-order valence-corrected chi connectivity index (χ4v) is 3.44. The van der Waals surface area contributed by atoms with E-state index in [1.165, 1.54) is 6.20 Å². The highest BCUT2D eigenvalue weighted by Crippen LogP contribution is 2.29. The standard InChI is InChI=1S/C18H19Cl2N3O2/c19-14-5-1-2-6-16(14)25-11-12-4-3-7-23(10-12)18-15(20)8-13(9-22-18)17(21)24/h1-2,5-6,8-9,12H,3-4,7,10-11H2,(H2,21,24). The Labute approximate surface area is 156 Å². The Bertz CT molecular complexity index is 770. The largest absolute Gasteiger partial charge is 0.492 e. The normalized spacial score (nSPS) is 17.4. The van der Waals surface area contributed by atoms with Crippen molar-refractivity contribution in [2.45, 2.75) is 12.8 Å². The number of amides is 1. The van der Waals surface area contributed by atoms with Crippen molar-refractivity contribution in [3.8, 4) is 5.75 Å². The molecule has 5 nitrogen and oxygen atoms in total. The third-order valence-electron chi connectivity index (χ3n) is 4.24. The quantitative estimate of drug-likeness (QED) is 0.857. The van der Waals surface area contributed by atoms with Crippen LogP contribution in [0.1, 0.15) is 23.2 Å². The van der Waals surface area contributed by atoms with Gasteiger partial charge in [0.1, 0.15) is 11.6 Å². The number of aromatic nitrogens is 1. The van der Waals surface area contributed by atoms with E-state index in [1.807, 2.05) is 24.3 Å². The predicted octanol–water partition coefficient (Wildman–Crippen LogP) is 3.78. The lowest BCUT2D eigenvalue weighted by molar-refractivity contribution is 0.1000. The molecule has 1 aromatic carbocycles. The van der Waals surface area contributed by atoms with Gasteiger partial charge in [-0.15, -0.1) is 0 Å². The predicted molar refractivity (Wildman–Crippen MR) is 99.6 cm³/mol. The highest BCUT2D eigenvalue weighted by Gasteiger charge is 2.23. The number of primary amides is 1. The zero-order valence-electron chi connectivity index (χ0n) is 13.6. The van der Waals surface area contributed by atoms with Gasteiger partial charge in [-0.2, -0.15) is 0 Å². The minimum atomic E-state index is -0.536. The molecule has 1 atom stereocenters. The van der Waals surface area contributed by atoms with E-state index in [0.29, 0.717) is 39.7 Å². The van der Waals surface area contributed by atoms with Gasteiger partial charge in [0.2, 0.25) is 5.91 Å². The summed E-state index contributed by atoms with van der Waals surface area (Å²) in [6.45, 7) is 2.23. The number of hydrogen-bond donors (Lipinski definition) is 1. The number of nitrogens with two attached hydrogens (primary N) is 1. The number of para-hydroxylation sites is 1. The maximum Gasteiger partial charge on any atom is 0.250 e. The highest BCUT2D eigenvalue weighted by atomic mass is 35.5. The molecule has 0 bridgehead atoms. The van der Waals surface area contributed by atoms with Crippen molar-refractivity contribution in [1.29, 1.82) is 0 Å². The minimum Gasteiger partial charge on any atom is -0.492 e. The molecule has 1 fully saturated rings. The van der Waals surface area contributed by atoms with Crippen molar-refractivity contribution >= 4 is 34.9 Å². The van der Waals surface area contributed by atoms with E-state index in [4.69, 9.17) is 33.7 Å². The summed E-state index contributed by atoms with van der Waals surface area (Å²) in [7, 11) is 0. The lowest BCUT2D eigenvalue weighted by atomic mass is 9.99. The van der Waals surface area contributed by atoms with Crippen molar-refractivity contribution in [3.63, 3.8) is 0 Å². The second-order valence-corrected chi connectivity index (χ2v) is 6.90. The van der Waals surface area contributed by atoms with Gasteiger partial charge in [-0.1, -0.05) is 35.3 Å². The summed E-state index contributed by atoms with van der Waals surface area (Å²) >= 11 is 12.4. The molecule has 1 unspecified atom stereocenters. The second kappa shape index (κ2) is 7.93. The van der Waals surface area contributed by atoms with Gasteiger partial charge in [0, 0.05) is 25.2 Å². The number of hydrogen-bond acceptors (Lipinski definition) is 4. The van der Waals surface area contributed by atoms with E-state index in [-0.39, 0.29) is 0 Å². The Morgan fingerprint density at radius 2 is 2.12 bits per heavy atom. The lowest BCUT2D eigenvalue weighted by Gasteiger charge is -2.34. The van der Waals surface area contributed by atoms with Crippen molar-refractivity contribution in [2.24, 2.45) is 11.7 Å². The average Bonchev–Trinajstić information content (AvgIpc) is 2.61. The first kappa shape index (κ1) is 17.8. The fraction of sp³-hybridized carbons (Fsp3) is 0.333. The van der Waals surface area contributed by atoms with Crippen LogP contribution in [-0.4, -0.2) is 30.6 Å². The second-order valence-electron chi connectivity index (χ2n) is 6.09. The van der Waals surface area contributed by atoms with E-state index in [9.17, 15) is 4.79 Å². The van der Waals surface area contributed by atoms with Crippen LogP contribution in [0.25, 0.3) is 0 Å². The number of piperidine rings is 1. The first-order chi connectivity index (χ1) is 12.0. The highest BCUT2D eigenvalue weighted by molar-refractivity contribution is 6.33. The third-order valence-corrected chi connectivity index (χ3v) is 4.83. The topological polar surface area (TPSA) is 68.5 Å². The molecule has 132 valence electrons. The van der Waals surface area contributed by atoms with E-state index in [0.717, 1.165) is 25.9 Å². The van der Waals surface area contributed by atoms with E-state index in [2.05, 4.69) is 9.88 Å². The molecule has 1 aliphatic heterocycles. The molecule has 3 rings (SSSR count). The molecule has 1 aliphatic rings. The van der Waals surface area contributed by atoms with Gasteiger partial charge < -0.3 is 15.4 Å². The summed E-state index contributed by atoms with van der Waals surface area (Å²) in [5.41, 5.74) is 5.57. The molecule has 1 amide bonds. The van der Waals surface area contributed by atoms with Crippen LogP contribution in [0.15, 0.2) is 36.5 Å². The molecule has 1 saturated heterocycles. The van der Waals surface area contributed by atoms with Crippen LogP contribution in [0.4, 0.5) is 5.82 Å². The Morgan fingerprint density at radius 1 is 1.32 bits per heavy atom. The van der Waals surface area contributed by atoms with Crippen LogP contribution in [-0.2, 0) is 0 Å². The third kappa shape index (κ3) is 4.35. The fourth-order valence-electron chi connectivity index (χ4n) is 2.96. The van der Waals surface area contributed by atoms with Gasteiger partial charge in [-0.05, 0) is 31.0 Å². The Kier molecular flexibility index (Phi) is 5.66. The van der Waals surface area contributed by atoms with Crippen molar-refractivity contribution < 1.29 is 9.53 Å². The number of nitrogens with zero attached hydrogens (tertiary/aromatic N) is 2. The number of halogens is 2. The van der Waals surface area contributed by atoms with Crippen LogP contribution < -0.4 is 15.4 Å². The zero-order valence-corrected chi connectivity index (χ0v) is 15.1. The van der Waals surface area contributed by atoms with Crippen LogP contribution in [0.3, 0.4) is 0 Å². The molecule has 25 heavy (non-hydrogen) atoms. The van der Waals surface area contributed by atoms with Crippen LogP contribution in [0.2, 0.25) is 10.0 Å². The van der Waals surface area contributed by atoms with Crippen molar-refractivity contribution in [1.82, 2.24) is 4.98 Å².